The lowest BCUT2D eigenvalue weighted by atomic mass is 9.82. The van der Waals surface area contributed by atoms with E-state index in [9.17, 15) is 9.50 Å². The Morgan fingerprint density at radius 3 is 1.93 bits per heavy atom. The Bertz CT molecular complexity index is 1000. The second-order valence-electron chi connectivity index (χ2n) is 6.31. The van der Waals surface area contributed by atoms with Gasteiger partial charge in [-0.15, -0.1) is 0 Å². The zero-order valence-electron chi connectivity index (χ0n) is 14.5. The molecule has 0 aliphatic rings. The highest BCUT2D eigenvalue weighted by Gasteiger charge is 2.35. The van der Waals surface area contributed by atoms with Crippen molar-refractivity contribution in [2.24, 2.45) is 0 Å². The van der Waals surface area contributed by atoms with E-state index in [0.717, 1.165) is 22.3 Å². The Balaban J connectivity index is 1.85. The van der Waals surface area contributed by atoms with Crippen LogP contribution in [0.15, 0.2) is 91.8 Å². The molecular formula is C22H18FN3O. The lowest BCUT2D eigenvalue weighted by Gasteiger charge is -2.35. The third-order valence-corrected chi connectivity index (χ3v) is 4.87. The number of halogens is 1. The van der Waals surface area contributed by atoms with Crippen molar-refractivity contribution < 1.29 is 9.50 Å². The smallest absolute Gasteiger partial charge is 0.123 e. The van der Waals surface area contributed by atoms with Gasteiger partial charge in [0.15, 0.2) is 0 Å². The van der Waals surface area contributed by atoms with Crippen LogP contribution < -0.4 is 0 Å². The van der Waals surface area contributed by atoms with Crippen molar-refractivity contribution in [1.82, 2.24) is 14.5 Å². The first-order valence-corrected chi connectivity index (χ1v) is 8.60. The molecule has 4 rings (SSSR count). The zero-order valence-corrected chi connectivity index (χ0v) is 14.5. The van der Waals surface area contributed by atoms with Crippen molar-refractivity contribution >= 4 is 0 Å². The van der Waals surface area contributed by atoms with Crippen molar-refractivity contribution in [3.63, 3.8) is 0 Å². The SMILES string of the molecule is OCC(c1ccc(F)cc1)(c1ccc(-c2ccncc2)cc1)n1ccnc1. The standard InChI is InChI=1S/C22H18FN3O/c23-21-7-5-20(6-8-21)22(15-27,26-14-13-25-16-26)19-3-1-17(2-4-19)18-9-11-24-12-10-18/h1-14,16,27H,15H2. The van der Waals surface area contributed by atoms with Gasteiger partial charge in [0, 0.05) is 24.8 Å². The molecule has 4 aromatic rings. The van der Waals surface area contributed by atoms with Crippen molar-refractivity contribution in [2.45, 2.75) is 5.54 Å². The summed E-state index contributed by atoms with van der Waals surface area (Å²) in [5.41, 5.74) is 2.89. The van der Waals surface area contributed by atoms with Crippen LogP contribution in [0.4, 0.5) is 4.39 Å². The third-order valence-electron chi connectivity index (χ3n) is 4.87. The van der Waals surface area contributed by atoms with Gasteiger partial charge in [0.1, 0.15) is 11.4 Å². The lowest BCUT2D eigenvalue weighted by Crippen LogP contribution is -2.39. The van der Waals surface area contributed by atoms with Crippen molar-refractivity contribution in [2.75, 3.05) is 6.61 Å². The zero-order chi connectivity index (χ0) is 18.7. The number of imidazole rings is 1. The quantitative estimate of drug-likeness (QED) is 0.589. The predicted molar refractivity (Wildman–Crippen MR) is 102 cm³/mol. The molecule has 0 saturated heterocycles. The number of hydrogen-bond donors (Lipinski definition) is 1. The Kier molecular flexibility index (Phi) is 4.52. The Hall–Kier alpha value is -3.31. The molecular weight excluding hydrogens is 341 g/mol. The Labute approximate surface area is 156 Å². The van der Waals surface area contributed by atoms with E-state index in [1.165, 1.54) is 12.1 Å². The van der Waals surface area contributed by atoms with Crippen LogP contribution in [0, 0.1) is 5.82 Å². The highest BCUT2D eigenvalue weighted by atomic mass is 19.1. The fourth-order valence-corrected chi connectivity index (χ4v) is 3.42. The van der Waals surface area contributed by atoms with Crippen LogP contribution >= 0.6 is 0 Å². The van der Waals surface area contributed by atoms with Gasteiger partial charge in [-0.25, -0.2) is 9.37 Å². The topological polar surface area (TPSA) is 50.9 Å². The number of nitrogens with zero attached hydrogens (tertiary/aromatic N) is 3. The van der Waals surface area contributed by atoms with Crippen molar-refractivity contribution in [3.8, 4) is 11.1 Å². The monoisotopic (exact) mass is 359 g/mol. The van der Waals surface area contributed by atoms with Gasteiger partial charge in [0.2, 0.25) is 0 Å². The second kappa shape index (κ2) is 7.13. The summed E-state index contributed by atoms with van der Waals surface area (Å²) in [5.74, 6) is -0.316. The summed E-state index contributed by atoms with van der Waals surface area (Å²) in [6.07, 6.45) is 8.64. The predicted octanol–water partition coefficient (Wildman–Crippen LogP) is 3.87. The number of hydrogen-bond acceptors (Lipinski definition) is 3. The molecule has 0 aliphatic heterocycles. The van der Waals surface area contributed by atoms with Crippen molar-refractivity contribution in [1.29, 1.82) is 0 Å². The molecule has 2 aromatic heterocycles. The summed E-state index contributed by atoms with van der Waals surface area (Å²) in [5, 5.41) is 10.5. The molecule has 4 nitrogen and oxygen atoms in total. The maximum atomic E-state index is 13.5. The van der Waals surface area contributed by atoms with Crippen LogP contribution in [-0.4, -0.2) is 26.2 Å². The van der Waals surface area contributed by atoms with Gasteiger partial charge in [-0.3, -0.25) is 4.98 Å². The summed E-state index contributed by atoms with van der Waals surface area (Å²) in [4.78, 5) is 8.19. The maximum Gasteiger partial charge on any atom is 0.123 e. The van der Waals surface area contributed by atoms with E-state index in [4.69, 9.17) is 0 Å². The average Bonchev–Trinajstić information content (AvgIpc) is 3.27. The molecule has 0 amide bonds. The van der Waals surface area contributed by atoms with Crippen LogP contribution in [0.2, 0.25) is 0 Å². The molecule has 0 aliphatic carbocycles. The summed E-state index contributed by atoms with van der Waals surface area (Å²) in [7, 11) is 0. The molecule has 2 heterocycles. The van der Waals surface area contributed by atoms with Crippen LogP contribution in [-0.2, 0) is 5.54 Å². The Morgan fingerprint density at radius 2 is 1.37 bits per heavy atom. The highest BCUT2D eigenvalue weighted by Crippen LogP contribution is 2.35. The largest absolute Gasteiger partial charge is 0.393 e. The fourth-order valence-electron chi connectivity index (χ4n) is 3.42. The molecule has 0 radical (unpaired) electrons. The molecule has 1 atom stereocenters. The van der Waals surface area contributed by atoms with Gasteiger partial charge < -0.3 is 9.67 Å². The van der Waals surface area contributed by atoms with Gasteiger partial charge in [0.25, 0.3) is 0 Å². The number of pyridine rings is 1. The molecule has 5 heteroatoms. The summed E-state index contributed by atoms with van der Waals surface area (Å²) in [6.45, 7) is -0.191. The molecule has 0 saturated carbocycles. The van der Waals surface area contributed by atoms with Crippen LogP contribution in [0.25, 0.3) is 11.1 Å². The van der Waals surface area contributed by atoms with Gasteiger partial charge in [-0.2, -0.15) is 0 Å². The molecule has 2 aromatic carbocycles. The normalized spacial score (nSPS) is 13.3. The van der Waals surface area contributed by atoms with E-state index >= 15 is 0 Å². The Morgan fingerprint density at radius 1 is 0.778 bits per heavy atom. The van der Waals surface area contributed by atoms with Gasteiger partial charge in [0.05, 0.1) is 12.9 Å². The molecule has 0 bridgehead atoms. The molecule has 1 N–H and O–H groups in total. The van der Waals surface area contributed by atoms with Crippen LogP contribution in [0.3, 0.4) is 0 Å². The van der Waals surface area contributed by atoms with Gasteiger partial charge in [-0.1, -0.05) is 36.4 Å². The van der Waals surface area contributed by atoms with E-state index in [1.54, 1.807) is 43.2 Å². The molecule has 0 fully saturated rings. The van der Waals surface area contributed by atoms with E-state index < -0.39 is 5.54 Å². The highest BCUT2D eigenvalue weighted by molar-refractivity contribution is 5.63. The first-order valence-electron chi connectivity index (χ1n) is 8.60. The maximum absolute atomic E-state index is 13.5. The second-order valence-corrected chi connectivity index (χ2v) is 6.31. The summed E-state index contributed by atoms with van der Waals surface area (Å²) >= 11 is 0. The van der Waals surface area contributed by atoms with Crippen LogP contribution in [0.5, 0.6) is 0 Å². The number of aliphatic hydroxyl groups is 1. The molecule has 134 valence electrons. The third kappa shape index (κ3) is 3.02. The summed E-state index contributed by atoms with van der Waals surface area (Å²) in [6, 6.07) is 18.1. The number of aromatic nitrogens is 3. The fraction of sp³-hybridized carbons (Fsp3) is 0.0909. The van der Waals surface area contributed by atoms with Crippen molar-refractivity contribution in [3.05, 3.63) is 109 Å². The number of aliphatic hydroxyl groups excluding tert-OH is 1. The number of rotatable bonds is 5. The minimum absolute atomic E-state index is 0.191. The average molecular weight is 359 g/mol. The number of benzene rings is 2. The van der Waals surface area contributed by atoms with Crippen LogP contribution in [0.1, 0.15) is 11.1 Å². The molecule has 0 spiro atoms. The van der Waals surface area contributed by atoms with E-state index in [0.29, 0.717) is 0 Å². The minimum Gasteiger partial charge on any atom is -0.393 e. The molecule has 1 unspecified atom stereocenters. The van der Waals surface area contributed by atoms with Gasteiger partial charge >= 0.3 is 0 Å². The molecule has 27 heavy (non-hydrogen) atoms. The first kappa shape index (κ1) is 17.1. The van der Waals surface area contributed by atoms with E-state index in [2.05, 4.69) is 9.97 Å². The van der Waals surface area contributed by atoms with E-state index in [-0.39, 0.29) is 12.4 Å². The minimum atomic E-state index is -0.888. The van der Waals surface area contributed by atoms with Gasteiger partial charge in [-0.05, 0) is 46.5 Å². The lowest BCUT2D eigenvalue weighted by molar-refractivity contribution is 0.196. The first-order chi connectivity index (χ1) is 13.2. The van der Waals surface area contributed by atoms with E-state index in [1.807, 2.05) is 41.0 Å². The summed E-state index contributed by atoms with van der Waals surface area (Å²) < 4.78 is 15.3.